The van der Waals surface area contributed by atoms with Crippen LogP contribution in [0.15, 0.2) is 30.5 Å². The molecule has 2 atom stereocenters. The van der Waals surface area contributed by atoms with Crippen molar-refractivity contribution < 1.29 is 14.6 Å². The molecule has 1 aliphatic heterocycles. The van der Waals surface area contributed by atoms with Crippen molar-refractivity contribution in [2.24, 2.45) is 0 Å². The average Bonchev–Trinajstić information content (AvgIpc) is 3.21. The first-order valence-electron chi connectivity index (χ1n) is 8.39. The number of rotatable bonds is 6. The number of nitrogens with zero attached hydrogens (tertiary/aromatic N) is 2. The van der Waals surface area contributed by atoms with E-state index in [1.807, 2.05) is 25.1 Å². The molecule has 1 fully saturated rings. The highest BCUT2D eigenvalue weighted by atomic mass is 32.1. The first-order chi connectivity index (χ1) is 12.1. The second kappa shape index (κ2) is 8.05. The molecule has 1 amide bonds. The average molecular weight is 361 g/mol. The number of aliphatic hydroxyl groups excluding tert-OH is 1. The molecule has 7 heteroatoms. The van der Waals surface area contributed by atoms with E-state index in [9.17, 15) is 9.90 Å². The van der Waals surface area contributed by atoms with Crippen LogP contribution in [0.25, 0.3) is 0 Å². The molecule has 6 nitrogen and oxygen atoms in total. The molecule has 1 aromatic heterocycles. The number of ether oxygens (including phenoxy) is 1. The van der Waals surface area contributed by atoms with Crippen molar-refractivity contribution in [2.75, 3.05) is 25.1 Å². The number of thiazole rings is 1. The van der Waals surface area contributed by atoms with E-state index in [1.54, 1.807) is 12.3 Å². The van der Waals surface area contributed by atoms with Gasteiger partial charge in [-0.2, -0.15) is 0 Å². The summed E-state index contributed by atoms with van der Waals surface area (Å²) < 4.78 is 5.36. The minimum absolute atomic E-state index is 0.000719. The molecule has 1 saturated heterocycles. The molecule has 3 rings (SSSR count). The molecule has 0 saturated carbocycles. The third-order valence-corrected chi connectivity index (χ3v) is 5.14. The number of hydrogen-bond donors (Lipinski definition) is 2. The number of amides is 1. The second-order valence-electron chi connectivity index (χ2n) is 6.17. The molecule has 0 bridgehead atoms. The number of aryl methyl sites for hydroxylation is 1. The van der Waals surface area contributed by atoms with E-state index in [1.165, 1.54) is 11.3 Å². The van der Waals surface area contributed by atoms with Gasteiger partial charge in [0, 0.05) is 23.2 Å². The van der Waals surface area contributed by atoms with Crippen molar-refractivity contribution in [3.8, 4) is 0 Å². The van der Waals surface area contributed by atoms with Gasteiger partial charge < -0.3 is 9.84 Å². The number of likely N-dealkylation sites (N-methyl/N-ethyl adjacent to an activating group) is 1. The molecular weight excluding hydrogens is 338 g/mol. The van der Waals surface area contributed by atoms with Crippen LogP contribution >= 0.6 is 11.3 Å². The Morgan fingerprint density at radius 3 is 2.96 bits per heavy atom. The Labute approximate surface area is 151 Å². The Bertz CT molecular complexity index is 734. The fourth-order valence-electron chi connectivity index (χ4n) is 2.97. The largest absolute Gasteiger partial charge is 0.389 e. The standard InChI is InChI=1S/C18H23N3O3S/c1-3-21(15-10-24-11-16(15)22)9-13-5-4-6-14(7-13)17(23)20-18-19-8-12(2)25-18/h4-8,15-16,22H,3,9-11H2,1-2H3,(H,19,20,23)/t15-,16-/m0/s1. The van der Waals surface area contributed by atoms with Gasteiger partial charge in [-0.15, -0.1) is 11.3 Å². The molecule has 0 aliphatic carbocycles. The van der Waals surface area contributed by atoms with Gasteiger partial charge in [-0.05, 0) is 31.2 Å². The quantitative estimate of drug-likeness (QED) is 0.826. The number of aromatic nitrogens is 1. The predicted octanol–water partition coefficient (Wildman–Crippen LogP) is 2.29. The highest BCUT2D eigenvalue weighted by Crippen LogP contribution is 2.19. The first-order valence-corrected chi connectivity index (χ1v) is 9.21. The summed E-state index contributed by atoms with van der Waals surface area (Å²) in [4.78, 5) is 19.8. The highest BCUT2D eigenvalue weighted by molar-refractivity contribution is 7.15. The lowest BCUT2D eigenvalue weighted by Crippen LogP contribution is -2.42. The molecule has 2 N–H and O–H groups in total. The predicted molar refractivity (Wildman–Crippen MR) is 97.9 cm³/mol. The van der Waals surface area contributed by atoms with Crippen molar-refractivity contribution in [2.45, 2.75) is 32.5 Å². The summed E-state index contributed by atoms with van der Waals surface area (Å²) in [6, 6.07) is 7.56. The maximum absolute atomic E-state index is 12.4. The fourth-order valence-corrected chi connectivity index (χ4v) is 3.63. The van der Waals surface area contributed by atoms with Gasteiger partial charge in [0.2, 0.25) is 0 Å². The van der Waals surface area contributed by atoms with Crippen LogP contribution in [-0.4, -0.2) is 52.8 Å². The Morgan fingerprint density at radius 1 is 1.48 bits per heavy atom. The molecule has 2 heterocycles. The lowest BCUT2D eigenvalue weighted by atomic mass is 10.1. The number of aliphatic hydroxyl groups is 1. The van der Waals surface area contributed by atoms with Crippen LogP contribution in [0.4, 0.5) is 5.13 Å². The molecule has 0 unspecified atom stereocenters. The molecular formula is C18H23N3O3S. The third-order valence-electron chi connectivity index (χ3n) is 4.31. The van der Waals surface area contributed by atoms with E-state index in [-0.39, 0.29) is 11.9 Å². The van der Waals surface area contributed by atoms with Gasteiger partial charge >= 0.3 is 0 Å². The second-order valence-corrected chi connectivity index (χ2v) is 7.40. The molecule has 0 spiro atoms. The molecule has 134 valence electrons. The van der Waals surface area contributed by atoms with Gasteiger partial charge in [0.1, 0.15) is 0 Å². The maximum Gasteiger partial charge on any atom is 0.257 e. The molecule has 1 aliphatic rings. The van der Waals surface area contributed by atoms with Crippen molar-refractivity contribution in [3.05, 3.63) is 46.5 Å². The summed E-state index contributed by atoms with van der Waals surface area (Å²) in [5, 5.41) is 13.5. The molecule has 0 radical (unpaired) electrons. The van der Waals surface area contributed by atoms with E-state index in [0.29, 0.717) is 30.5 Å². The minimum Gasteiger partial charge on any atom is -0.389 e. The third kappa shape index (κ3) is 4.43. The fraction of sp³-hybridized carbons (Fsp3) is 0.444. The van der Waals surface area contributed by atoms with E-state index in [2.05, 4.69) is 22.1 Å². The Balaban J connectivity index is 1.69. The molecule has 25 heavy (non-hydrogen) atoms. The lowest BCUT2D eigenvalue weighted by Gasteiger charge is -2.28. The number of anilines is 1. The van der Waals surface area contributed by atoms with Crippen LogP contribution in [0.1, 0.15) is 27.7 Å². The SMILES string of the molecule is CCN(Cc1cccc(C(=O)Nc2ncc(C)s2)c1)[C@H]1COC[C@@H]1O. The number of carbonyl (C=O) groups excluding carboxylic acids is 1. The van der Waals surface area contributed by atoms with Crippen LogP contribution in [-0.2, 0) is 11.3 Å². The van der Waals surface area contributed by atoms with Crippen molar-refractivity contribution in [3.63, 3.8) is 0 Å². The summed E-state index contributed by atoms with van der Waals surface area (Å²) in [7, 11) is 0. The van der Waals surface area contributed by atoms with E-state index >= 15 is 0 Å². The van der Waals surface area contributed by atoms with Gasteiger partial charge in [0.25, 0.3) is 5.91 Å². The smallest absolute Gasteiger partial charge is 0.257 e. The number of carbonyl (C=O) groups is 1. The Morgan fingerprint density at radius 2 is 2.32 bits per heavy atom. The van der Waals surface area contributed by atoms with Gasteiger partial charge in [-0.25, -0.2) is 4.98 Å². The Hall–Kier alpha value is -1.80. The summed E-state index contributed by atoms with van der Waals surface area (Å²) in [5.41, 5.74) is 1.63. The summed E-state index contributed by atoms with van der Waals surface area (Å²) in [5.74, 6) is -0.163. The van der Waals surface area contributed by atoms with Crippen molar-refractivity contribution in [1.82, 2.24) is 9.88 Å². The van der Waals surface area contributed by atoms with Gasteiger partial charge in [0.05, 0.1) is 25.4 Å². The van der Waals surface area contributed by atoms with Crippen LogP contribution in [0.2, 0.25) is 0 Å². The van der Waals surface area contributed by atoms with Crippen molar-refractivity contribution in [1.29, 1.82) is 0 Å². The topological polar surface area (TPSA) is 74.7 Å². The van der Waals surface area contributed by atoms with E-state index in [4.69, 9.17) is 4.74 Å². The van der Waals surface area contributed by atoms with Gasteiger partial charge in [-0.3, -0.25) is 15.0 Å². The monoisotopic (exact) mass is 361 g/mol. The van der Waals surface area contributed by atoms with Gasteiger partial charge in [0.15, 0.2) is 5.13 Å². The maximum atomic E-state index is 12.4. The van der Waals surface area contributed by atoms with Crippen LogP contribution < -0.4 is 5.32 Å². The number of nitrogens with one attached hydrogen (secondary N) is 1. The number of benzene rings is 1. The van der Waals surface area contributed by atoms with E-state index in [0.717, 1.165) is 17.0 Å². The van der Waals surface area contributed by atoms with Crippen LogP contribution in [0.5, 0.6) is 0 Å². The van der Waals surface area contributed by atoms with Crippen LogP contribution in [0, 0.1) is 6.92 Å². The van der Waals surface area contributed by atoms with Crippen molar-refractivity contribution >= 4 is 22.4 Å². The summed E-state index contributed by atoms with van der Waals surface area (Å²) >= 11 is 1.45. The van der Waals surface area contributed by atoms with E-state index < -0.39 is 6.10 Å². The summed E-state index contributed by atoms with van der Waals surface area (Å²) in [6.07, 6.45) is 1.28. The zero-order valence-corrected chi connectivity index (χ0v) is 15.3. The Kier molecular flexibility index (Phi) is 5.80. The number of hydrogen-bond acceptors (Lipinski definition) is 6. The first kappa shape index (κ1) is 18.0. The zero-order valence-electron chi connectivity index (χ0n) is 14.4. The minimum atomic E-state index is -0.459. The van der Waals surface area contributed by atoms with Gasteiger partial charge in [-0.1, -0.05) is 19.1 Å². The summed E-state index contributed by atoms with van der Waals surface area (Å²) in [6.45, 7) is 6.41. The lowest BCUT2D eigenvalue weighted by molar-refractivity contribution is 0.0807. The molecule has 2 aromatic rings. The molecule has 1 aromatic carbocycles. The van der Waals surface area contributed by atoms with Crippen LogP contribution in [0.3, 0.4) is 0 Å². The normalized spacial score (nSPS) is 20.2. The zero-order chi connectivity index (χ0) is 17.8. The highest BCUT2D eigenvalue weighted by Gasteiger charge is 2.30.